The third-order valence-corrected chi connectivity index (χ3v) is 2.65. The molecule has 0 saturated carbocycles. The van der Waals surface area contributed by atoms with Crippen molar-refractivity contribution in [3.05, 3.63) is 34.8 Å². The number of pyridine rings is 1. The Hall–Kier alpha value is -2.44. The van der Waals surface area contributed by atoms with Crippen LogP contribution in [0.1, 0.15) is 27.3 Å². The van der Waals surface area contributed by atoms with Crippen LogP contribution in [0.25, 0.3) is 0 Å². The lowest BCUT2D eigenvalue weighted by Crippen LogP contribution is -2.24. The maximum Gasteiger partial charge on any atom is 0.273 e. The van der Waals surface area contributed by atoms with Crippen LogP contribution in [0, 0.1) is 13.8 Å². The molecule has 94 valence electrons. The highest BCUT2D eigenvalue weighted by molar-refractivity contribution is 5.91. The van der Waals surface area contributed by atoms with Gasteiger partial charge in [0.25, 0.3) is 5.91 Å². The summed E-state index contributed by atoms with van der Waals surface area (Å²) < 4.78 is 0. The lowest BCUT2D eigenvalue weighted by Gasteiger charge is -2.10. The standard InChI is InChI=1S/C11H14N6O/c1-6-3-10(12)15-7(2)8(6)4-13-11(18)9-5-14-17-16-9/h3,5H,4H2,1-2H3,(H2,12,15)(H,13,18)(H,14,16,17). The molecule has 2 aromatic heterocycles. The monoisotopic (exact) mass is 246 g/mol. The van der Waals surface area contributed by atoms with E-state index in [1.165, 1.54) is 6.20 Å². The molecule has 7 nitrogen and oxygen atoms in total. The van der Waals surface area contributed by atoms with Gasteiger partial charge in [0.05, 0.1) is 6.20 Å². The summed E-state index contributed by atoms with van der Waals surface area (Å²) in [4.78, 5) is 15.9. The van der Waals surface area contributed by atoms with Gasteiger partial charge in [-0.25, -0.2) is 4.98 Å². The number of nitrogen functional groups attached to an aromatic ring is 1. The number of carbonyl (C=O) groups is 1. The van der Waals surface area contributed by atoms with Gasteiger partial charge in [-0.3, -0.25) is 4.79 Å². The van der Waals surface area contributed by atoms with Crippen molar-refractivity contribution in [1.29, 1.82) is 0 Å². The van der Waals surface area contributed by atoms with Crippen molar-refractivity contribution in [2.45, 2.75) is 20.4 Å². The number of H-pyrrole nitrogens is 1. The summed E-state index contributed by atoms with van der Waals surface area (Å²) in [5.41, 5.74) is 8.67. The Labute approximate surface area is 104 Å². The first-order valence-corrected chi connectivity index (χ1v) is 5.44. The molecule has 0 spiro atoms. The molecule has 0 fully saturated rings. The zero-order chi connectivity index (χ0) is 13.1. The molecule has 0 saturated heterocycles. The van der Waals surface area contributed by atoms with Crippen LogP contribution < -0.4 is 11.1 Å². The van der Waals surface area contributed by atoms with Crippen LogP contribution >= 0.6 is 0 Å². The lowest BCUT2D eigenvalue weighted by molar-refractivity contribution is 0.0946. The number of hydrogen-bond donors (Lipinski definition) is 3. The summed E-state index contributed by atoms with van der Waals surface area (Å²) >= 11 is 0. The SMILES string of the molecule is Cc1cc(N)nc(C)c1CNC(=O)c1cn[nH]n1. The number of aromatic nitrogens is 4. The van der Waals surface area contributed by atoms with E-state index in [0.717, 1.165) is 16.8 Å². The van der Waals surface area contributed by atoms with E-state index in [2.05, 4.69) is 25.7 Å². The van der Waals surface area contributed by atoms with E-state index >= 15 is 0 Å². The Balaban J connectivity index is 2.09. The molecule has 2 aromatic rings. The molecule has 0 aliphatic heterocycles. The number of hydrogen-bond acceptors (Lipinski definition) is 5. The Morgan fingerprint density at radius 1 is 1.50 bits per heavy atom. The van der Waals surface area contributed by atoms with Crippen LogP contribution in [-0.4, -0.2) is 26.3 Å². The number of amides is 1. The highest BCUT2D eigenvalue weighted by Gasteiger charge is 2.10. The first-order chi connectivity index (χ1) is 8.58. The number of rotatable bonds is 3. The highest BCUT2D eigenvalue weighted by atomic mass is 16.1. The van der Waals surface area contributed by atoms with Gasteiger partial charge in [-0.2, -0.15) is 15.4 Å². The maximum absolute atomic E-state index is 11.7. The van der Waals surface area contributed by atoms with Crippen molar-refractivity contribution >= 4 is 11.7 Å². The van der Waals surface area contributed by atoms with Crippen LogP contribution in [0.3, 0.4) is 0 Å². The van der Waals surface area contributed by atoms with Crippen molar-refractivity contribution in [2.75, 3.05) is 5.73 Å². The van der Waals surface area contributed by atoms with E-state index in [9.17, 15) is 4.79 Å². The number of anilines is 1. The molecule has 4 N–H and O–H groups in total. The maximum atomic E-state index is 11.7. The van der Waals surface area contributed by atoms with E-state index in [4.69, 9.17) is 5.73 Å². The number of nitrogens with zero attached hydrogens (tertiary/aromatic N) is 3. The minimum absolute atomic E-state index is 0.258. The minimum Gasteiger partial charge on any atom is -0.384 e. The molecule has 0 bridgehead atoms. The lowest BCUT2D eigenvalue weighted by atomic mass is 10.1. The molecule has 0 radical (unpaired) electrons. The van der Waals surface area contributed by atoms with Crippen molar-refractivity contribution < 1.29 is 4.79 Å². The van der Waals surface area contributed by atoms with Crippen molar-refractivity contribution in [2.24, 2.45) is 0 Å². The van der Waals surface area contributed by atoms with Crippen LogP contribution in [0.5, 0.6) is 0 Å². The zero-order valence-corrected chi connectivity index (χ0v) is 10.2. The van der Waals surface area contributed by atoms with Crippen molar-refractivity contribution in [1.82, 2.24) is 25.7 Å². The summed E-state index contributed by atoms with van der Waals surface area (Å²) in [7, 11) is 0. The normalized spacial score (nSPS) is 10.3. The van der Waals surface area contributed by atoms with E-state index < -0.39 is 0 Å². The summed E-state index contributed by atoms with van der Waals surface area (Å²) in [5, 5.41) is 12.4. The predicted molar refractivity (Wildman–Crippen MR) is 65.7 cm³/mol. The zero-order valence-electron chi connectivity index (χ0n) is 10.2. The van der Waals surface area contributed by atoms with E-state index in [1.54, 1.807) is 6.07 Å². The Bertz CT molecular complexity index is 540. The fraction of sp³-hybridized carbons (Fsp3) is 0.273. The van der Waals surface area contributed by atoms with E-state index in [-0.39, 0.29) is 11.6 Å². The number of aromatic amines is 1. The molecule has 2 rings (SSSR count). The molecule has 0 atom stereocenters. The van der Waals surface area contributed by atoms with Crippen molar-refractivity contribution in [3.8, 4) is 0 Å². The second-order valence-corrected chi connectivity index (χ2v) is 3.97. The van der Waals surface area contributed by atoms with Crippen LogP contribution in [0.4, 0.5) is 5.82 Å². The van der Waals surface area contributed by atoms with Gasteiger partial charge in [-0.15, -0.1) is 0 Å². The molecule has 0 aliphatic rings. The molecule has 1 amide bonds. The molecular formula is C11H14N6O. The summed E-state index contributed by atoms with van der Waals surface area (Å²) in [6.07, 6.45) is 1.37. The number of carbonyl (C=O) groups excluding carboxylic acids is 1. The van der Waals surface area contributed by atoms with Gasteiger partial charge < -0.3 is 11.1 Å². The van der Waals surface area contributed by atoms with Gasteiger partial charge in [-0.05, 0) is 31.0 Å². The van der Waals surface area contributed by atoms with Crippen molar-refractivity contribution in [3.63, 3.8) is 0 Å². The third kappa shape index (κ3) is 2.45. The van der Waals surface area contributed by atoms with Crippen LogP contribution in [0.15, 0.2) is 12.3 Å². The average Bonchev–Trinajstić information content (AvgIpc) is 2.80. The third-order valence-electron chi connectivity index (χ3n) is 2.65. The van der Waals surface area contributed by atoms with E-state index in [1.807, 2.05) is 13.8 Å². The quantitative estimate of drug-likeness (QED) is 0.723. The number of aryl methyl sites for hydroxylation is 2. The van der Waals surface area contributed by atoms with Gasteiger partial charge in [0.15, 0.2) is 5.69 Å². The molecule has 0 unspecified atom stereocenters. The molecule has 7 heteroatoms. The van der Waals surface area contributed by atoms with Gasteiger partial charge in [-0.1, -0.05) is 0 Å². The highest BCUT2D eigenvalue weighted by Crippen LogP contribution is 2.14. The fourth-order valence-corrected chi connectivity index (χ4v) is 1.73. The number of nitrogens with two attached hydrogens (primary N) is 1. The molecule has 0 aliphatic carbocycles. The van der Waals surface area contributed by atoms with E-state index in [0.29, 0.717) is 12.4 Å². The minimum atomic E-state index is -0.278. The summed E-state index contributed by atoms with van der Waals surface area (Å²) in [5.74, 6) is 0.205. The molecule has 18 heavy (non-hydrogen) atoms. The second-order valence-electron chi connectivity index (χ2n) is 3.97. The van der Waals surface area contributed by atoms with Gasteiger partial charge >= 0.3 is 0 Å². The Kier molecular flexibility index (Phi) is 3.22. The Morgan fingerprint density at radius 3 is 2.89 bits per heavy atom. The summed E-state index contributed by atoms with van der Waals surface area (Å²) in [6.45, 7) is 4.18. The first kappa shape index (κ1) is 12.0. The topological polar surface area (TPSA) is 110 Å². The smallest absolute Gasteiger partial charge is 0.273 e. The van der Waals surface area contributed by atoms with Gasteiger partial charge in [0.2, 0.25) is 0 Å². The van der Waals surface area contributed by atoms with Crippen LogP contribution in [0.2, 0.25) is 0 Å². The van der Waals surface area contributed by atoms with Crippen LogP contribution in [-0.2, 0) is 6.54 Å². The second kappa shape index (κ2) is 4.82. The molecular weight excluding hydrogens is 232 g/mol. The first-order valence-electron chi connectivity index (χ1n) is 5.44. The molecule has 0 aromatic carbocycles. The predicted octanol–water partition coefficient (Wildman–Crippen LogP) is 0.329. The largest absolute Gasteiger partial charge is 0.384 e. The average molecular weight is 246 g/mol. The Morgan fingerprint density at radius 2 is 2.28 bits per heavy atom. The van der Waals surface area contributed by atoms with Gasteiger partial charge in [0.1, 0.15) is 5.82 Å². The molecule has 2 heterocycles. The number of nitrogens with one attached hydrogen (secondary N) is 2. The summed E-state index contributed by atoms with van der Waals surface area (Å²) in [6, 6.07) is 1.78. The fourth-order valence-electron chi connectivity index (χ4n) is 1.73. The van der Waals surface area contributed by atoms with Gasteiger partial charge in [0, 0.05) is 12.2 Å².